The molecule has 0 atom stereocenters. The van der Waals surface area contributed by atoms with Gasteiger partial charge in [0.15, 0.2) is 0 Å². The van der Waals surface area contributed by atoms with Gasteiger partial charge in [-0.1, -0.05) is 6.07 Å². The van der Waals surface area contributed by atoms with E-state index in [-0.39, 0.29) is 15.6 Å². The van der Waals surface area contributed by atoms with Gasteiger partial charge in [-0.3, -0.25) is 4.79 Å². The van der Waals surface area contributed by atoms with E-state index in [0.717, 1.165) is 0 Å². The van der Waals surface area contributed by atoms with Gasteiger partial charge in [-0.05, 0) is 52.3 Å². The van der Waals surface area contributed by atoms with E-state index in [1.54, 1.807) is 6.07 Å². The number of aromatic carboxylic acids is 1. The Bertz CT molecular complexity index is 701. The van der Waals surface area contributed by atoms with Crippen molar-refractivity contribution in [2.75, 3.05) is 11.9 Å². The number of rotatable bonds is 3. The summed E-state index contributed by atoms with van der Waals surface area (Å²) in [4.78, 5) is 24.3. The highest BCUT2D eigenvalue weighted by molar-refractivity contribution is 9.10. The van der Waals surface area contributed by atoms with Crippen molar-refractivity contribution >= 4 is 33.5 Å². The van der Waals surface area contributed by atoms with Crippen molar-refractivity contribution < 1.29 is 19.1 Å². The van der Waals surface area contributed by atoms with Crippen molar-refractivity contribution in [3.8, 4) is 0 Å². The molecule has 0 aliphatic carbocycles. The third-order valence-corrected chi connectivity index (χ3v) is 3.60. The lowest BCUT2D eigenvalue weighted by Gasteiger charge is -2.18. The van der Waals surface area contributed by atoms with E-state index in [0.29, 0.717) is 5.69 Å². The molecule has 0 aliphatic heterocycles. The fourth-order valence-electron chi connectivity index (χ4n) is 1.79. The number of nitrogens with zero attached hydrogens (tertiary/aromatic N) is 1. The lowest BCUT2D eigenvalue weighted by molar-refractivity contribution is 0.0696. The van der Waals surface area contributed by atoms with Crippen molar-refractivity contribution in [3.05, 3.63) is 63.9 Å². The van der Waals surface area contributed by atoms with Crippen LogP contribution in [0.15, 0.2) is 46.9 Å². The second-order valence-electron chi connectivity index (χ2n) is 4.32. The third kappa shape index (κ3) is 3.11. The number of amides is 1. The zero-order chi connectivity index (χ0) is 15.6. The van der Waals surface area contributed by atoms with Gasteiger partial charge in [0.25, 0.3) is 5.91 Å². The molecule has 0 bridgehead atoms. The molecule has 0 heterocycles. The van der Waals surface area contributed by atoms with E-state index in [1.807, 2.05) is 0 Å². The Labute approximate surface area is 128 Å². The van der Waals surface area contributed by atoms with Gasteiger partial charge in [0.05, 0.1) is 15.6 Å². The second-order valence-corrected chi connectivity index (χ2v) is 5.17. The number of hydrogen-bond acceptors (Lipinski definition) is 2. The molecule has 1 amide bonds. The Kier molecular flexibility index (Phi) is 4.37. The summed E-state index contributed by atoms with van der Waals surface area (Å²) in [5, 5.41) is 8.83. The average molecular weight is 352 g/mol. The Balaban J connectivity index is 2.30. The maximum Gasteiger partial charge on any atom is 0.335 e. The number of anilines is 1. The molecule has 4 nitrogen and oxygen atoms in total. The maximum absolute atomic E-state index is 13.9. The number of carbonyl (C=O) groups is 2. The molecule has 2 aromatic carbocycles. The molecular formula is C15H11BrFNO3. The fourth-order valence-corrected chi connectivity index (χ4v) is 2.16. The zero-order valence-corrected chi connectivity index (χ0v) is 12.6. The minimum absolute atomic E-state index is 0.0609. The standard InChI is InChI=1S/C15H11BrFNO3/c1-18(10-7-5-9(6-8-10)15(20)21)14(19)11-3-2-4-12(16)13(11)17/h2-8H,1H3,(H,20,21). The molecule has 0 fully saturated rings. The van der Waals surface area contributed by atoms with Gasteiger partial charge >= 0.3 is 5.97 Å². The molecule has 1 N–H and O–H groups in total. The first kappa shape index (κ1) is 15.2. The molecule has 108 valence electrons. The van der Waals surface area contributed by atoms with Crippen molar-refractivity contribution in [1.82, 2.24) is 0 Å². The van der Waals surface area contributed by atoms with Crippen molar-refractivity contribution in [3.63, 3.8) is 0 Å². The molecular weight excluding hydrogens is 341 g/mol. The largest absolute Gasteiger partial charge is 0.478 e. The molecule has 0 unspecified atom stereocenters. The first-order valence-corrected chi connectivity index (χ1v) is 6.76. The minimum atomic E-state index is -1.05. The monoisotopic (exact) mass is 351 g/mol. The summed E-state index contributed by atoms with van der Waals surface area (Å²) >= 11 is 3.03. The van der Waals surface area contributed by atoms with E-state index < -0.39 is 17.7 Å². The molecule has 0 radical (unpaired) electrons. The van der Waals surface area contributed by atoms with Gasteiger partial charge in [-0.2, -0.15) is 0 Å². The minimum Gasteiger partial charge on any atom is -0.478 e. The molecule has 21 heavy (non-hydrogen) atoms. The SMILES string of the molecule is CN(C(=O)c1cccc(Br)c1F)c1ccc(C(=O)O)cc1. The quantitative estimate of drug-likeness (QED) is 0.919. The zero-order valence-electron chi connectivity index (χ0n) is 11.0. The van der Waals surface area contributed by atoms with Crippen LogP contribution in [0.2, 0.25) is 0 Å². The van der Waals surface area contributed by atoms with E-state index in [1.165, 1.54) is 48.3 Å². The van der Waals surface area contributed by atoms with Gasteiger partial charge < -0.3 is 10.0 Å². The van der Waals surface area contributed by atoms with Crippen LogP contribution in [0.5, 0.6) is 0 Å². The fraction of sp³-hybridized carbons (Fsp3) is 0.0667. The van der Waals surface area contributed by atoms with E-state index in [4.69, 9.17) is 5.11 Å². The summed E-state index contributed by atoms with van der Waals surface area (Å²) in [6.45, 7) is 0. The van der Waals surface area contributed by atoms with Gasteiger partial charge in [0.2, 0.25) is 0 Å². The van der Waals surface area contributed by atoms with Crippen LogP contribution < -0.4 is 4.90 Å². The van der Waals surface area contributed by atoms with Crippen molar-refractivity contribution in [2.45, 2.75) is 0 Å². The molecule has 6 heteroatoms. The second kappa shape index (κ2) is 6.05. The molecule has 0 saturated heterocycles. The smallest absolute Gasteiger partial charge is 0.335 e. The number of halogens is 2. The molecule has 0 spiro atoms. The van der Waals surface area contributed by atoms with Crippen LogP contribution in [0.25, 0.3) is 0 Å². The predicted octanol–water partition coefficient (Wildman–Crippen LogP) is 3.56. The molecule has 2 aromatic rings. The van der Waals surface area contributed by atoms with E-state index in [2.05, 4.69) is 15.9 Å². The Morgan fingerprint density at radius 2 is 1.76 bits per heavy atom. The van der Waals surface area contributed by atoms with Crippen LogP contribution in [0, 0.1) is 5.82 Å². The van der Waals surface area contributed by atoms with Gasteiger partial charge in [0, 0.05) is 12.7 Å². The summed E-state index contributed by atoms with van der Waals surface area (Å²) in [6, 6.07) is 10.2. The summed E-state index contributed by atoms with van der Waals surface area (Å²) < 4.78 is 14.1. The van der Waals surface area contributed by atoms with Gasteiger partial charge in [0.1, 0.15) is 5.82 Å². The topological polar surface area (TPSA) is 57.6 Å². The Morgan fingerprint density at radius 3 is 2.33 bits per heavy atom. The van der Waals surface area contributed by atoms with Crippen LogP contribution >= 0.6 is 15.9 Å². The number of carbonyl (C=O) groups excluding carboxylic acids is 1. The molecule has 2 rings (SSSR count). The van der Waals surface area contributed by atoms with Crippen LogP contribution in [0.4, 0.5) is 10.1 Å². The average Bonchev–Trinajstić information content (AvgIpc) is 2.48. The van der Waals surface area contributed by atoms with Crippen LogP contribution in [0.1, 0.15) is 20.7 Å². The van der Waals surface area contributed by atoms with Gasteiger partial charge in [-0.15, -0.1) is 0 Å². The van der Waals surface area contributed by atoms with Gasteiger partial charge in [-0.25, -0.2) is 9.18 Å². The summed E-state index contributed by atoms with van der Waals surface area (Å²) in [7, 11) is 1.50. The normalized spacial score (nSPS) is 10.2. The summed E-state index contributed by atoms with van der Waals surface area (Å²) in [5.74, 6) is -2.19. The van der Waals surface area contributed by atoms with Crippen LogP contribution in [-0.4, -0.2) is 24.0 Å². The number of carboxylic acids is 1. The first-order chi connectivity index (χ1) is 9.91. The highest BCUT2D eigenvalue weighted by Crippen LogP contribution is 2.22. The lowest BCUT2D eigenvalue weighted by Crippen LogP contribution is -2.27. The number of hydrogen-bond donors (Lipinski definition) is 1. The van der Waals surface area contributed by atoms with Crippen molar-refractivity contribution in [1.29, 1.82) is 0 Å². The molecule has 0 aliphatic rings. The highest BCUT2D eigenvalue weighted by Gasteiger charge is 2.19. The van der Waals surface area contributed by atoms with Crippen LogP contribution in [0.3, 0.4) is 0 Å². The highest BCUT2D eigenvalue weighted by atomic mass is 79.9. The lowest BCUT2D eigenvalue weighted by atomic mass is 10.1. The predicted molar refractivity (Wildman–Crippen MR) is 80.2 cm³/mol. The maximum atomic E-state index is 13.9. The summed E-state index contributed by atoms with van der Waals surface area (Å²) in [5.41, 5.74) is 0.534. The Morgan fingerprint density at radius 1 is 1.14 bits per heavy atom. The molecule has 0 aromatic heterocycles. The molecule has 0 saturated carbocycles. The van der Waals surface area contributed by atoms with E-state index >= 15 is 0 Å². The van der Waals surface area contributed by atoms with E-state index in [9.17, 15) is 14.0 Å². The van der Waals surface area contributed by atoms with Crippen molar-refractivity contribution in [2.24, 2.45) is 0 Å². The summed E-state index contributed by atoms with van der Waals surface area (Å²) in [6.07, 6.45) is 0. The van der Waals surface area contributed by atoms with Crippen LogP contribution in [-0.2, 0) is 0 Å². The number of benzene rings is 2. The number of carboxylic acid groups (broad SMARTS) is 1. The Hall–Kier alpha value is -2.21. The first-order valence-electron chi connectivity index (χ1n) is 5.97. The third-order valence-electron chi connectivity index (χ3n) is 2.99.